The molecule has 0 fully saturated rings. The Labute approximate surface area is 135 Å². The Hall–Kier alpha value is -0.260. The third-order valence-electron chi connectivity index (χ3n) is 2.73. The molecule has 0 amide bonds. The minimum atomic E-state index is -0.555. The first-order valence-corrected chi connectivity index (χ1v) is 7.94. The first-order valence-electron chi connectivity index (χ1n) is 5.44. The molecule has 0 N–H and O–H groups in total. The normalized spacial score (nSPS) is 12.5. The van der Waals surface area contributed by atoms with Crippen LogP contribution < -0.4 is 0 Å². The monoisotopic (exact) mass is 452 g/mol. The molecule has 0 spiro atoms. The summed E-state index contributed by atoms with van der Waals surface area (Å²) >= 11 is 10.3. The molecular weight excluding hydrogens is 446 g/mol. The topological polar surface area (TPSA) is 0 Å². The van der Waals surface area contributed by atoms with Gasteiger partial charge in [-0.2, -0.15) is 0 Å². The molecule has 0 saturated heterocycles. The molecule has 1 unspecified atom stereocenters. The van der Waals surface area contributed by atoms with Crippen molar-refractivity contribution < 1.29 is 8.78 Å². The van der Waals surface area contributed by atoms with Gasteiger partial charge in [-0.1, -0.05) is 47.8 Å². The highest BCUT2D eigenvalue weighted by atomic mass is 79.9. The number of halogens is 5. The summed E-state index contributed by atoms with van der Waals surface area (Å²) in [5, 5.41) is 0. The molecule has 2 aromatic carbocycles. The van der Waals surface area contributed by atoms with Crippen molar-refractivity contribution in [2.45, 2.75) is 11.8 Å². The fraction of sp³-hybridized carbons (Fsp3) is 0.143. The van der Waals surface area contributed by atoms with E-state index < -0.39 is 11.6 Å². The lowest BCUT2D eigenvalue weighted by Crippen LogP contribution is -1.99. The third-order valence-corrected chi connectivity index (χ3v) is 4.67. The van der Waals surface area contributed by atoms with Gasteiger partial charge in [0.25, 0.3) is 0 Å². The summed E-state index contributed by atoms with van der Waals surface area (Å²) in [5.74, 6) is -1.09. The van der Waals surface area contributed by atoms with Crippen LogP contribution in [0.5, 0.6) is 0 Å². The summed E-state index contributed by atoms with van der Waals surface area (Å²) in [6, 6.07) is 8.13. The Morgan fingerprint density at radius 2 is 1.47 bits per heavy atom. The Bertz CT molecular complexity index is 606. The lowest BCUT2D eigenvalue weighted by atomic mass is 10.0. The predicted molar refractivity (Wildman–Crippen MR) is 83.7 cm³/mol. The number of aryl methyl sites for hydroxylation is 1. The van der Waals surface area contributed by atoms with Gasteiger partial charge in [0.05, 0.1) is 4.83 Å². The SMILES string of the molecule is Cc1cc(C(Br)c2cc(Br)cc(Br)c2)c(F)cc1F. The highest BCUT2D eigenvalue weighted by Gasteiger charge is 2.17. The van der Waals surface area contributed by atoms with Crippen LogP contribution >= 0.6 is 47.8 Å². The van der Waals surface area contributed by atoms with E-state index in [0.29, 0.717) is 11.1 Å². The van der Waals surface area contributed by atoms with E-state index in [1.165, 1.54) is 6.07 Å². The molecule has 2 aromatic rings. The first kappa shape index (κ1) is 15.1. The van der Waals surface area contributed by atoms with Crippen LogP contribution in [0.1, 0.15) is 21.5 Å². The van der Waals surface area contributed by atoms with Gasteiger partial charge >= 0.3 is 0 Å². The number of rotatable bonds is 2. The average Bonchev–Trinajstić information content (AvgIpc) is 2.31. The molecule has 5 heteroatoms. The molecule has 100 valence electrons. The zero-order chi connectivity index (χ0) is 14.2. The Morgan fingerprint density at radius 1 is 0.895 bits per heavy atom. The quantitative estimate of drug-likeness (QED) is 0.468. The maximum atomic E-state index is 13.9. The Balaban J connectivity index is 2.49. The number of benzene rings is 2. The highest BCUT2D eigenvalue weighted by molar-refractivity contribution is 9.11. The molecule has 1 atom stereocenters. The third kappa shape index (κ3) is 3.44. The minimum Gasteiger partial charge on any atom is -0.207 e. The summed E-state index contributed by atoms with van der Waals surface area (Å²) in [6.45, 7) is 1.62. The molecule has 0 bridgehead atoms. The van der Waals surface area contributed by atoms with Crippen molar-refractivity contribution in [3.63, 3.8) is 0 Å². The lowest BCUT2D eigenvalue weighted by molar-refractivity contribution is 0.569. The van der Waals surface area contributed by atoms with Gasteiger partial charge in [0, 0.05) is 20.6 Å². The molecule has 19 heavy (non-hydrogen) atoms. The fourth-order valence-corrected chi connectivity index (χ4v) is 3.72. The number of hydrogen-bond donors (Lipinski definition) is 0. The smallest absolute Gasteiger partial charge is 0.130 e. The van der Waals surface area contributed by atoms with Crippen LogP contribution in [-0.4, -0.2) is 0 Å². The highest BCUT2D eigenvalue weighted by Crippen LogP contribution is 2.36. The number of hydrogen-bond acceptors (Lipinski definition) is 0. The van der Waals surface area contributed by atoms with E-state index in [4.69, 9.17) is 0 Å². The van der Waals surface area contributed by atoms with Crippen LogP contribution in [0.3, 0.4) is 0 Å². The van der Waals surface area contributed by atoms with Crippen molar-refractivity contribution in [3.8, 4) is 0 Å². The van der Waals surface area contributed by atoms with E-state index in [-0.39, 0.29) is 4.83 Å². The second-order valence-corrected chi connectivity index (χ2v) is 6.94. The van der Waals surface area contributed by atoms with Gasteiger partial charge in [-0.25, -0.2) is 8.78 Å². The van der Waals surface area contributed by atoms with Crippen molar-refractivity contribution in [1.82, 2.24) is 0 Å². The van der Waals surface area contributed by atoms with Crippen molar-refractivity contribution in [1.29, 1.82) is 0 Å². The van der Waals surface area contributed by atoms with Crippen LogP contribution in [0.4, 0.5) is 8.78 Å². The molecule has 2 rings (SSSR count). The summed E-state index contributed by atoms with van der Waals surface area (Å²) in [4.78, 5) is -0.333. The van der Waals surface area contributed by atoms with Crippen molar-refractivity contribution in [3.05, 3.63) is 67.6 Å². The summed E-state index contributed by atoms with van der Waals surface area (Å²) in [6.07, 6.45) is 0. The largest absolute Gasteiger partial charge is 0.207 e. The molecule has 0 saturated carbocycles. The van der Waals surface area contributed by atoms with Gasteiger partial charge in [0.15, 0.2) is 0 Å². The minimum absolute atomic E-state index is 0.333. The van der Waals surface area contributed by atoms with Crippen LogP contribution in [0.2, 0.25) is 0 Å². The zero-order valence-electron chi connectivity index (χ0n) is 9.85. The summed E-state index contributed by atoms with van der Waals surface area (Å²) < 4.78 is 28.9. The van der Waals surface area contributed by atoms with E-state index in [0.717, 1.165) is 20.6 Å². The first-order chi connectivity index (χ1) is 8.88. The van der Waals surface area contributed by atoms with E-state index >= 15 is 0 Å². The van der Waals surface area contributed by atoms with Gasteiger partial charge in [-0.3, -0.25) is 0 Å². The Kier molecular flexibility index (Phi) is 4.79. The van der Waals surface area contributed by atoms with E-state index in [2.05, 4.69) is 47.8 Å². The van der Waals surface area contributed by atoms with E-state index in [1.807, 2.05) is 18.2 Å². The molecule has 0 heterocycles. The van der Waals surface area contributed by atoms with Crippen LogP contribution in [0, 0.1) is 18.6 Å². The molecule has 0 aliphatic rings. The van der Waals surface area contributed by atoms with Gasteiger partial charge in [-0.05, 0) is 42.3 Å². The summed E-state index contributed by atoms with van der Waals surface area (Å²) in [5.41, 5.74) is 1.73. The molecule has 0 radical (unpaired) electrons. The van der Waals surface area contributed by atoms with Crippen molar-refractivity contribution in [2.75, 3.05) is 0 Å². The maximum Gasteiger partial charge on any atom is 0.130 e. The Morgan fingerprint density at radius 3 is 2.05 bits per heavy atom. The van der Waals surface area contributed by atoms with Crippen molar-refractivity contribution in [2.24, 2.45) is 0 Å². The average molecular weight is 455 g/mol. The molecule has 0 aliphatic carbocycles. The summed E-state index contributed by atoms with van der Waals surface area (Å²) in [7, 11) is 0. The van der Waals surface area contributed by atoms with Crippen LogP contribution in [0.15, 0.2) is 39.3 Å². The van der Waals surface area contributed by atoms with E-state index in [9.17, 15) is 8.78 Å². The van der Waals surface area contributed by atoms with Crippen LogP contribution in [0.25, 0.3) is 0 Å². The second kappa shape index (κ2) is 6.02. The molecule has 0 aliphatic heterocycles. The van der Waals surface area contributed by atoms with E-state index in [1.54, 1.807) is 6.92 Å². The molecule has 0 nitrogen and oxygen atoms in total. The van der Waals surface area contributed by atoms with Gasteiger partial charge in [0.1, 0.15) is 11.6 Å². The van der Waals surface area contributed by atoms with Crippen LogP contribution in [-0.2, 0) is 0 Å². The van der Waals surface area contributed by atoms with Gasteiger partial charge in [-0.15, -0.1) is 0 Å². The van der Waals surface area contributed by atoms with Gasteiger partial charge < -0.3 is 0 Å². The van der Waals surface area contributed by atoms with Gasteiger partial charge in [0.2, 0.25) is 0 Å². The molecular formula is C14H9Br3F2. The predicted octanol–water partition coefficient (Wildman–Crippen LogP) is 6.28. The maximum absolute atomic E-state index is 13.9. The second-order valence-electron chi connectivity index (χ2n) is 4.19. The zero-order valence-corrected chi connectivity index (χ0v) is 14.6. The lowest BCUT2D eigenvalue weighted by Gasteiger charge is -2.14. The fourth-order valence-electron chi connectivity index (χ4n) is 1.77. The van der Waals surface area contributed by atoms with Crippen molar-refractivity contribution >= 4 is 47.8 Å². The number of alkyl halides is 1. The standard InChI is InChI=1S/C14H9Br3F2/c1-7-2-11(13(19)6-12(7)18)14(17)8-3-9(15)5-10(16)4-8/h2-6,14H,1H3. The molecule has 0 aromatic heterocycles.